The van der Waals surface area contributed by atoms with Crippen molar-refractivity contribution < 1.29 is 4.79 Å². The summed E-state index contributed by atoms with van der Waals surface area (Å²) in [6.07, 6.45) is 1.55. The van der Waals surface area contributed by atoms with Crippen LogP contribution in [0.15, 0.2) is 60.7 Å². The van der Waals surface area contributed by atoms with E-state index in [9.17, 15) is 4.79 Å². The van der Waals surface area contributed by atoms with E-state index in [-0.39, 0.29) is 5.91 Å². The summed E-state index contributed by atoms with van der Waals surface area (Å²) >= 11 is 0. The Balaban J connectivity index is 1.96. The first kappa shape index (κ1) is 18.2. The van der Waals surface area contributed by atoms with Crippen LogP contribution in [0.2, 0.25) is 0 Å². The van der Waals surface area contributed by atoms with Gasteiger partial charge in [0.15, 0.2) is 0 Å². The number of benzene rings is 2. The number of carbonyl (C=O) groups excluding carboxylic acids is 1. The van der Waals surface area contributed by atoms with Crippen molar-refractivity contribution in [3.63, 3.8) is 0 Å². The average molecular weight is 330 g/mol. The minimum Gasteiger partial charge on any atom is -0.311 e. The van der Waals surface area contributed by atoms with Crippen LogP contribution in [0.1, 0.15) is 25.8 Å². The highest BCUT2D eigenvalue weighted by molar-refractivity contribution is 5.93. The van der Waals surface area contributed by atoms with Gasteiger partial charge in [0.05, 0.1) is 0 Å². The molecule has 2 aromatic carbocycles. The first-order valence-electron chi connectivity index (χ1n) is 8.71. The number of hydrogen-bond acceptors (Lipinski definition) is 2. The Morgan fingerprint density at radius 3 is 2.17 bits per heavy atom. The van der Waals surface area contributed by atoms with Crippen molar-refractivity contribution >= 4 is 11.6 Å². The predicted molar refractivity (Wildman–Crippen MR) is 101 cm³/mol. The van der Waals surface area contributed by atoms with E-state index in [0.717, 1.165) is 18.7 Å². The zero-order valence-electron chi connectivity index (χ0n) is 15.0. The maximum absolute atomic E-state index is 12.4. The summed E-state index contributed by atoms with van der Waals surface area (Å²) in [5, 5.41) is 0. The van der Waals surface area contributed by atoms with Crippen molar-refractivity contribution in [1.29, 1.82) is 0 Å². The molecule has 0 saturated heterocycles. The standard InChI is InChI=1S/C21H28N2O/c1-4-21(24)23(20-13-9-6-10-14-20)17-18(2)22(3)16-15-19-11-7-5-8-12-19/h5-14,18H,4,15-17H2,1-3H3/i6+1,9+1,10+1,13+1,14+1,20+1. The third-order valence-corrected chi connectivity index (χ3v) is 4.47. The van der Waals surface area contributed by atoms with Crippen molar-refractivity contribution in [2.45, 2.75) is 32.7 Å². The topological polar surface area (TPSA) is 23.6 Å². The fourth-order valence-electron chi connectivity index (χ4n) is 2.72. The molecule has 0 radical (unpaired) electrons. The molecule has 3 heteroatoms. The normalized spacial score (nSPS) is 12.2. The van der Waals surface area contributed by atoms with Crippen molar-refractivity contribution in [2.75, 3.05) is 25.0 Å². The monoisotopic (exact) mass is 330 g/mol. The molecule has 1 atom stereocenters. The van der Waals surface area contributed by atoms with E-state index in [0.29, 0.717) is 19.0 Å². The summed E-state index contributed by atoms with van der Waals surface area (Å²) in [4.78, 5) is 16.6. The average Bonchev–Trinajstić information content (AvgIpc) is 2.64. The zero-order chi connectivity index (χ0) is 17.4. The summed E-state index contributed by atoms with van der Waals surface area (Å²) < 4.78 is 0. The Bertz CT molecular complexity index is 612. The molecule has 0 aliphatic carbocycles. The Labute approximate surface area is 145 Å². The fraction of sp³-hybridized carbons (Fsp3) is 0.381. The maximum atomic E-state index is 12.4. The molecule has 2 rings (SSSR count). The third kappa shape index (κ3) is 5.20. The highest BCUT2D eigenvalue weighted by Gasteiger charge is 2.19. The van der Waals surface area contributed by atoms with Gasteiger partial charge in [0.2, 0.25) is 5.91 Å². The smallest absolute Gasteiger partial charge is 0.226 e. The summed E-state index contributed by atoms with van der Waals surface area (Å²) in [5.74, 6) is 0.171. The molecule has 0 saturated carbocycles. The second kappa shape index (κ2) is 9.24. The van der Waals surface area contributed by atoms with E-state index in [1.165, 1.54) is 5.56 Å². The SMILES string of the molecule is CCC(=O)N(CC(C)N(C)CCc1ccccc1)[13c]1[13cH][13cH][13cH][13cH][13cH]1. The van der Waals surface area contributed by atoms with Gasteiger partial charge in [0.25, 0.3) is 0 Å². The number of hydrogen-bond donors (Lipinski definition) is 0. The molecule has 1 unspecified atom stereocenters. The molecule has 0 spiro atoms. The number of nitrogens with zero attached hydrogens (tertiary/aromatic N) is 2. The molecule has 24 heavy (non-hydrogen) atoms. The Hall–Kier alpha value is -2.13. The van der Waals surface area contributed by atoms with E-state index < -0.39 is 0 Å². The third-order valence-electron chi connectivity index (χ3n) is 4.47. The molecule has 2 aromatic rings. The molecular formula is C21H28N2O. The number of carbonyl (C=O) groups is 1. The molecule has 0 heterocycles. The molecule has 0 N–H and O–H groups in total. The summed E-state index contributed by atoms with van der Waals surface area (Å²) in [6, 6.07) is 20.8. The van der Waals surface area contributed by atoms with Crippen LogP contribution in [0.5, 0.6) is 0 Å². The summed E-state index contributed by atoms with van der Waals surface area (Å²) in [5.41, 5.74) is 2.33. The zero-order valence-corrected chi connectivity index (χ0v) is 15.0. The van der Waals surface area contributed by atoms with E-state index >= 15 is 0 Å². The highest BCUT2D eigenvalue weighted by Crippen LogP contribution is 2.16. The minimum atomic E-state index is 0.171. The fourth-order valence-corrected chi connectivity index (χ4v) is 2.72. The van der Waals surface area contributed by atoms with Crippen LogP contribution < -0.4 is 4.90 Å². The molecule has 1 amide bonds. The molecule has 0 aromatic heterocycles. The van der Waals surface area contributed by atoms with E-state index in [2.05, 4.69) is 43.1 Å². The lowest BCUT2D eigenvalue weighted by Crippen LogP contribution is -2.43. The lowest BCUT2D eigenvalue weighted by Gasteiger charge is -2.31. The molecule has 0 bridgehead atoms. The largest absolute Gasteiger partial charge is 0.311 e. The molecule has 0 aliphatic rings. The lowest BCUT2D eigenvalue weighted by atomic mass is 10.1. The van der Waals surface area contributed by atoms with Crippen LogP contribution in [0.3, 0.4) is 0 Å². The molecule has 0 aliphatic heterocycles. The van der Waals surface area contributed by atoms with Crippen molar-refractivity contribution in [2.24, 2.45) is 0 Å². The van der Waals surface area contributed by atoms with Crippen LogP contribution in [0.4, 0.5) is 5.69 Å². The van der Waals surface area contributed by atoms with Crippen LogP contribution in [0.25, 0.3) is 0 Å². The molecule has 0 fully saturated rings. The van der Waals surface area contributed by atoms with Gasteiger partial charge in [-0.3, -0.25) is 4.79 Å². The van der Waals surface area contributed by atoms with Crippen molar-refractivity contribution in [3.05, 3.63) is 66.2 Å². The number of likely N-dealkylation sites (N-methyl/N-ethyl adjacent to an activating group) is 1. The van der Waals surface area contributed by atoms with E-state index in [4.69, 9.17) is 0 Å². The van der Waals surface area contributed by atoms with Crippen LogP contribution in [-0.2, 0) is 11.2 Å². The predicted octanol–water partition coefficient (Wildman–Crippen LogP) is 3.99. The Morgan fingerprint density at radius 1 is 1.00 bits per heavy atom. The lowest BCUT2D eigenvalue weighted by molar-refractivity contribution is -0.118. The highest BCUT2D eigenvalue weighted by atomic mass is 16.2. The number of anilines is 1. The quantitative estimate of drug-likeness (QED) is 0.730. The molecule has 3 nitrogen and oxygen atoms in total. The van der Waals surface area contributed by atoms with Gasteiger partial charge in [-0.25, -0.2) is 0 Å². The number of rotatable bonds is 8. The van der Waals surface area contributed by atoms with Gasteiger partial charge >= 0.3 is 0 Å². The van der Waals surface area contributed by atoms with Gasteiger partial charge < -0.3 is 9.80 Å². The number of para-hydroxylation sites is 1. The maximum Gasteiger partial charge on any atom is 0.226 e. The summed E-state index contributed by atoms with van der Waals surface area (Å²) in [6.45, 7) is 5.79. The van der Waals surface area contributed by atoms with Crippen LogP contribution >= 0.6 is 0 Å². The van der Waals surface area contributed by atoms with E-state index in [1.807, 2.05) is 48.2 Å². The van der Waals surface area contributed by atoms with Crippen molar-refractivity contribution in [1.82, 2.24) is 4.90 Å². The Kier molecular flexibility index (Phi) is 7.01. The van der Waals surface area contributed by atoms with Gasteiger partial charge in [-0.15, -0.1) is 0 Å². The van der Waals surface area contributed by atoms with E-state index in [1.54, 1.807) is 0 Å². The summed E-state index contributed by atoms with van der Waals surface area (Å²) in [7, 11) is 2.13. The van der Waals surface area contributed by atoms with Crippen LogP contribution in [0, 0.1) is 0 Å². The first-order valence-corrected chi connectivity index (χ1v) is 8.71. The van der Waals surface area contributed by atoms with Crippen LogP contribution in [-0.4, -0.2) is 37.0 Å². The number of amides is 1. The van der Waals surface area contributed by atoms with Gasteiger partial charge in [-0.2, -0.15) is 0 Å². The molecule has 128 valence electrons. The second-order valence-electron chi connectivity index (χ2n) is 6.26. The van der Waals surface area contributed by atoms with Gasteiger partial charge in [0.1, 0.15) is 0 Å². The van der Waals surface area contributed by atoms with Gasteiger partial charge in [-0.05, 0) is 38.1 Å². The second-order valence-corrected chi connectivity index (χ2v) is 6.26. The first-order chi connectivity index (χ1) is 11.6. The molecular weight excluding hydrogens is 302 g/mol. The van der Waals surface area contributed by atoms with Gasteiger partial charge in [-0.1, -0.05) is 55.5 Å². The van der Waals surface area contributed by atoms with Crippen molar-refractivity contribution in [3.8, 4) is 0 Å². The van der Waals surface area contributed by atoms with Gasteiger partial charge in [0, 0.05) is 31.2 Å². The minimum absolute atomic E-state index is 0.171. The Morgan fingerprint density at radius 2 is 1.58 bits per heavy atom.